The Morgan fingerprint density at radius 1 is 1.02 bits per heavy atom. The molecule has 4 N–H and O–H groups in total. The van der Waals surface area contributed by atoms with Gasteiger partial charge in [0, 0.05) is 56.5 Å². The molecule has 0 radical (unpaired) electrons. The molecule has 4 aromatic rings. The van der Waals surface area contributed by atoms with Crippen LogP contribution < -0.4 is 21.1 Å². The van der Waals surface area contributed by atoms with Crippen LogP contribution >= 0.6 is 0 Å². The van der Waals surface area contributed by atoms with Gasteiger partial charge < -0.3 is 35.3 Å². The molecule has 46 heavy (non-hydrogen) atoms. The van der Waals surface area contributed by atoms with Crippen LogP contribution in [0.3, 0.4) is 0 Å². The van der Waals surface area contributed by atoms with E-state index in [2.05, 4.69) is 14.9 Å². The number of benzene rings is 1. The van der Waals surface area contributed by atoms with E-state index in [4.69, 9.17) is 25.9 Å². The lowest BCUT2D eigenvalue weighted by atomic mass is 10.0. The first-order chi connectivity index (χ1) is 22.1. The van der Waals surface area contributed by atoms with Crippen LogP contribution in [-0.2, 0) is 11.3 Å². The van der Waals surface area contributed by atoms with Gasteiger partial charge in [0.25, 0.3) is 6.36 Å². The van der Waals surface area contributed by atoms with Gasteiger partial charge in [-0.1, -0.05) is 0 Å². The number of nitrogen functional groups attached to an aromatic ring is 2. The summed E-state index contributed by atoms with van der Waals surface area (Å²) in [5.41, 5.74) is 14.5. The van der Waals surface area contributed by atoms with E-state index in [1.807, 2.05) is 30.1 Å². The monoisotopic (exact) mass is 643 g/mol. The van der Waals surface area contributed by atoms with E-state index in [1.165, 1.54) is 18.3 Å². The Morgan fingerprint density at radius 3 is 2.46 bits per heavy atom. The molecule has 0 saturated carbocycles. The number of halogens is 4. The summed E-state index contributed by atoms with van der Waals surface area (Å²) in [7, 11) is 3.87. The van der Waals surface area contributed by atoms with E-state index in [1.54, 1.807) is 16.7 Å². The number of fused-ring (bicyclic) bond motifs is 1. The van der Waals surface area contributed by atoms with Gasteiger partial charge in [-0.15, -0.1) is 0 Å². The van der Waals surface area contributed by atoms with Crippen molar-refractivity contribution in [2.45, 2.75) is 38.2 Å². The number of ether oxygens (including phenoxy) is 2. The predicted octanol–water partition coefficient (Wildman–Crippen LogP) is 4.09. The molecule has 0 amide bonds. The molecule has 5 heterocycles. The van der Waals surface area contributed by atoms with E-state index >= 15 is 0 Å². The molecule has 0 spiro atoms. The number of rotatable bonds is 9. The van der Waals surface area contributed by atoms with Crippen LogP contribution in [0.4, 0.5) is 34.8 Å². The maximum atomic E-state index is 14.4. The lowest BCUT2D eigenvalue weighted by Crippen LogP contribution is -2.49. The second-order valence-corrected chi connectivity index (χ2v) is 11.8. The van der Waals surface area contributed by atoms with Gasteiger partial charge in [0.1, 0.15) is 17.3 Å². The van der Waals surface area contributed by atoms with Crippen molar-refractivity contribution in [1.29, 1.82) is 0 Å². The molecule has 3 aromatic heterocycles. The Balaban J connectivity index is 1.40. The lowest BCUT2D eigenvalue weighted by molar-refractivity contribution is -0.0685. The minimum absolute atomic E-state index is 0.0454. The number of anilines is 3. The molecule has 2 fully saturated rings. The Kier molecular flexibility index (Phi) is 9.15. The molecule has 246 valence electrons. The summed E-state index contributed by atoms with van der Waals surface area (Å²) in [6, 6.07) is 6.53. The van der Waals surface area contributed by atoms with Crippen molar-refractivity contribution in [2.75, 3.05) is 69.9 Å². The van der Waals surface area contributed by atoms with E-state index in [9.17, 15) is 17.6 Å². The molecule has 11 nitrogen and oxygen atoms in total. The molecule has 1 aromatic carbocycles. The van der Waals surface area contributed by atoms with Crippen molar-refractivity contribution in [3.8, 4) is 23.1 Å². The van der Waals surface area contributed by atoms with E-state index < -0.39 is 24.5 Å². The highest BCUT2D eigenvalue weighted by molar-refractivity contribution is 5.92. The zero-order valence-electron chi connectivity index (χ0n) is 25.7. The SMILES string of the molecule is CN(C)Cc1cn(-c2ccnc(-c3c(N)c(OC(F)C(F)F)nc(N4CCC(N5CCOCC5)CC4)c3N)n2)c2cc(F)ccc12. The molecule has 0 aliphatic carbocycles. The number of nitrogens with two attached hydrogens (primary N) is 2. The zero-order valence-corrected chi connectivity index (χ0v) is 25.7. The summed E-state index contributed by atoms with van der Waals surface area (Å²) in [4.78, 5) is 19.8. The van der Waals surface area contributed by atoms with Crippen molar-refractivity contribution in [2.24, 2.45) is 0 Å². The van der Waals surface area contributed by atoms with Crippen molar-refractivity contribution in [3.63, 3.8) is 0 Å². The Hall–Kier alpha value is -4.21. The van der Waals surface area contributed by atoms with Crippen molar-refractivity contribution in [1.82, 2.24) is 29.3 Å². The number of hydrogen-bond acceptors (Lipinski definition) is 10. The summed E-state index contributed by atoms with van der Waals surface area (Å²) in [6.07, 6.45) is -1.43. The average molecular weight is 644 g/mol. The molecule has 2 saturated heterocycles. The van der Waals surface area contributed by atoms with Gasteiger partial charge in [-0.05, 0) is 56.8 Å². The maximum Gasteiger partial charge on any atom is 0.304 e. The molecule has 1 atom stereocenters. The number of nitrogens with zero attached hydrogens (tertiary/aromatic N) is 7. The van der Waals surface area contributed by atoms with Crippen LogP contribution in [0.25, 0.3) is 28.1 Å². The van der Waals surface area contributed by atoms with Crippen LogP contribution in [0.2, 0.25) is 0 Å². The largest absolute Gasteiger partial charge is 0.435 e. The van der Waals surface area contributed by atoms with Crippen molar-refractivity contribution < 1.29 is 27.0 Å². The van der Waals surface area contributed by atoms with Gasteiger partial charge in [0.15, 0.2) is 11.6 Å². The van der Waals surface area contributed by atoms with Crippen LogP contribution in [-0.4, -0.2) is 102 Å². The fraction of sp³-hybridized carbons (Fsp3) is 0.452. The highest BCUT2D eigenvalue weighted by Gasteiger charge is 2.31. The molecular formula is C31H37F4N9O2. The summed E-state index contributed by atoms with van der Waals surface area (Å²) >= 11 is 0. The smallest absolute Gasteiger partial charge is 0.304 e. The minimum Gasteiger partial charge on any atom is -0.435 e. The number of morpholine rings is 1. The van der Waals surface area contributed by atoms with Crippen LogP contribution in [0.5, 0.6) is 5.88 Å². The topological polar surface area (TPSA) is 124 Å². The van der Waals surface area contributed by atoms with Gasteiger partial charge >= 0.3 is 6.43 Å². The number of pyridine rings is 1. The van der Waals surface area contributed by atoms with Crippen LogP contribution in [0.15, 0.2) is 36.7 Å². The normalized spacial score (nSPS) is 17.3. The van der Waals surface area contributed by atoms with Crippen LogP contribution in [0, 0.1) is 5.82 Å². The molecule has 2 aliphatic rings. The first-order valence-electron chi connectivity index (χ1n) is 15.1. The van der Waals surface area contributed by atoms with Crippen molar-refractivity contribution in [3.05, 3.63) is 48.0 Å². The van der Waals surface area contributed by atoms with Gasteiger partial charge in [0.05, 0.1) is 30.0 Å². The van der Waals surface area contributed by atoms with E-state index in [0.717, 1.165) is 36.9 Å². The lowest BCUT2D eigenvalue weighted by Gasteiger charge is -2.40. The van der Waals surface area contributed by atoms with Crippen molar-refractivity contribution >= 4 is 28.1 Å². The number of hydrogen-bond donors (Lipinski definition) is 2. The van der Waals surface area contributed by atoms with Gasteiger partial charge in [-0.3, -0.25) is 4.90 Å². The fourth-order valence-electron chi connectivity index (χ4n) is 6.23. The van der Waals surface area contributed by atoms with Crippen LogP contribution in [0.1, 0.15) is 18.4 Å². The number of aromatic nitrogens is 4. The number of alkyl halides is 3. The third-order valence-electron chi connectivity index (χ3n) is 8.41. The third kappa shape index (κ3) is 6.39. The zero-order chi connectivity index (χ0) is 32.5. The molecule has 6 rings (SSSR count). The molecule has 2 aliphatic heterocycles. The molecular weight excluding hydrogens is 606 g/mol. The predicted molar refractivity (Wildman–Crippen MR) is 167 cm³/mol. The van der Waals surface area contributed by atoms with Gasteiger partial charge in [-0.2, -0.15) is 9.37 Å². The Bertz CT molecular complexity index is 1690. The highest BCUT2D eigenvalue weighted by atomic mass is 19.3. The Morgan fingerprint density at radius 2 is 1.76 bits per heavy atom. The molecule has 1 unspecified atom stereocenters. The molecule has 15 heteroatoms. The minimum atomic E-state index is -3.42. The second-order valence-electron chi connectivity index (χ2n) is 11.8. The van der Waals surface area contributed by atoms with Gasteiger partial charge in [0.2, 0.25) is 5.88 Å². The molecule has 0 bridgehead atoms. The van der Waals surface area contributed by atoms with E-state index in [0.29, 0.717) is 50.2 Å². The summed E-state index contributed by atoms with van der Waals surface area (Å²) in [5, 5.41) is 0.845. The average Bonchev–Trinajstić information content (AvgIpc) is 3.39. The maximum absolute atomic E-state index is 14.4. The quantitative estimate of drug-likeness (QED) is 0.258. The van der Waals surface area contributed by atoms with Gasteiger partial charge in [-0.25, -0.2) is 23.1 Å². The standard InChI is InChI=1S/C31H37F4N9O2/c1-41(2)16-18-17-44(22-15-19(32)3-4-21(18)22)23-5-8-38-29(39-23)24-25(36)30(40-31(26(24)37)46-28(35)27(33)34)43-9-6-20(7-10-43)42-11-13-45-14-12-42/h3-5,8,15,17,20,27-28H,6-7,9-14,16,36-37H2,1-2H3. The first-order valence-corrected chi connectivity index (χ1v) is 15.1. The summed E-state index contributed by atoms with van der Waals surface area (Å²) in [6.45, 7) is 4.81. The fourth-order valence-corrected chi connectivity index (χ4v) is 6.23. The summed E-state index contributed by atoms with van der Waals surface area (Å²) in [5.74, 6) is -0.296. The first kappa shape index (κ1) is 31.8. The highest BCUT2D eigenvalue weighted by Crippen LogP contribution is 2.42. The Labute approximate surface area is 263 Å². The van der Waals surface area contributed by atoms with E-state index in [-0.39, 0.29) is 28.6 Å². The number of piperidine rings is 1. The summed E-state index contributed by atoms with van der Waals surface area (Å²) < 4.78 is 67.2. The third-order valence-corrected chi connectivity index (χ3v) is 8.41. The second kappa shape index (κ2) is 13.3.